The maximum absolute atomic E-state index is 12.9. The van der Waals surface area contributed by atoms with E-state index in [2.05, 4.69) is 15.3 Å². The van der Waals surface area contributed by atoms with Crippen molar-refractivity contribution in [1.82, 2.24) is 9.97 Å². The van der Waals surface area contributed by atoms with Gasteiger partial charge in [0, 0.05) is 17.8 Å². The number of rotatable bonds is 4. The highest BCUT2D eigenvalue weighted by Crippen LogP contribution is 2.45. The Morgan fingerprint density at radius 3 is 2.64 bits per heavy atom. The van der Waals surface area contributed by atoms with Crippen molar-refractivity contribution in [3.63, 3.8) is 0 Å². The van der Waals surface area contributed by atoms with Gasteiger partial charge in [0.15, 0.2) is 11.9 Å². The first-order valence-electron chi connectivity index (χ1n) is 10.4. The van der Waals surface area contributed by atoms with Crippen LogP contribution in [-0.4, -0.2) is 79.0 Å². The first kappa shape index (κ1) is 21.5. The van der Waals surface area contributed by atoms with Crippen molar-refractivity contribution in [3.05, 3.63) is 35.7 Å². The predicted octanol–water partition coefficient (Wildman–Crippen LogP) is -0.0778. The average Bonchev–Trinajstić information content (AvgIpc) is 3.63. The number of carbonyl (C=O) groups excluding carboxylic acids is 1. The molecule has 4 heterocycles. The number of pyridine rings is 2. The highest BCUT2D eigenvalue weighted by atomic mass is 16.7. The van der Waals surface area contributed by atoms with Crippen LogP contribution in [0.2, 0.25) is 0 Å². The Hall–Kier alpha value is -3.32. The molecule has 33 heavy (non-hydrogen) atoms. The van der Waals surface area contributed by atoms with Gasteiger partial charge in [-0.3, -0.25) is 4.79 Å². The second-order valence-electron chi connectivity index (χ2n) is 8.23. The van der Waals surface area contributed by atoms with E-state index in [1.54, 1.807) is 25.3 Å². The minimum atomic E-state index is -1.83. The van der Waals surface area contributed by atoms with Crippen LogP contribution in [-0.2, 0) is 9.53 Å². The molecular formula is C21H22N4O8. The number of carboxylic acids is 1. The summed E-state index contributed by atoms with van der Waals surface area (Å²) in [5.41, 5.74) is 1.23. The van der Waals surface area contributed by atoms with E-state index in [0.717, 1.165) is 12.8 Å². The molecule has 2 aromatic rings. The minimum Gasteiger partial charge on any atom is -0.479 e. The molecule has 2 aromatic heterocycles. The molecule has 1 aliphatic carbocycles. The number of nitrogens with zero attached hydrogens (tertiary/aromatic N) is 3. The van der Waals surface area contributed by atoms with E-state index in [-0.39, 0.29) is 17.7 Å². The molecular weight excluding hydrogens is 436 g/mol. The number of aromatic nitrogens is 2. The summed E-state index contributed by atoms with van der Waals surface area (Å²) >= 11 is 0. The number of aliphatic carboxylic acids is 1. The van der Waals surface area contributed by atoms with Crippen LogP contribution in [0, 0.1) is 6.92 Å². The largest absolute Gasteiger partial charge is 0.479 e. The van der Waals surface area contributed by atoms with Gasteiger partial charge in [-0.2, -0.15) is 0 Å². The summed E-state index contributed by atoms with van der Waals surface area (Å²) in [6, 6.07) is 3.49. The average molecular weight is 458 g/mol. The van der Waals surface area contributed by atoms with Gasteiger partial charge in [0.05, 0.1) is 17.4 Å². The number of hydrogen-bond acceptors (Lipinski definition) is 10. The molecule has 2 fully saturated rings. The summed E-state index contributed by atoms with van der Waals surface area (Å²) in [6.07, 6.45) is -3.94. The fourth-order valence-electron chi connectivity index (χ4n) is 4.02. The molecule has 12 nitrogen and oxygen atoms in total. The molecule has 5 atom stereocenters. The van der Waals surface area contributed by atoms with Gasteiger partial charge in [-0.1, -0.05) is 0 Å². The van der Waals surface area contributed by atoms with Gasteiger partial charge in [-0.15, -0.1) is 0 Å². The van der Waals surface area contributed by atoms with Crippen LogP contribution in [0.25, 0.3) is 0 Å². The first-order chi connectivity index (χ1) is 15.8. The van der Waals surface area contributed by atoms with Gasteiger partial charge in [0.2, 0.25) is 6.29 Å². The lowest BCUT2D eigenvalue weighted by Gasteiger charge is -2.38. The van der Waals surface area contributed by atoms with Crippen molar-refractivity contribution in [2.75, 3.05) is 10.2 Å². The Bertz CT molecular complexity index is 1120. The van der Waals surface area contributed by atoms with Gasteiger partial charge < -0.3 is 40.1 Å². The number of hydrogen-bond donors (Lipinski definition) is 5. The first-order valence-corrected chi connectivity index (χ1v) is 10.4. The lowest BCUT2D eigenvalue weighted by molar-refractivity contribution is -0.271. The number of nitrogens with one attached hydrogen (secondary N) is 1. The summed E-state index contributed by atoms with van der Waals surface area (Å²) in [5, 5.41) is 42.3. The van der Waals surface area contributed by atoms with Crippen LogP contribution in [0.4, 0.5) is 17.3 Å². The van der Waals surface area contributed by atoms with E-state index in [0.29, 0.717) is 28.5 Å². The monoisotopic (exact) mass is 458 g/mol. The van der Waals surface area contributed by atoms with Gasteiger partial charge in [-0.05, 0) is 31.9 Å². The smallest absolute Gasteiger partial charge is 0.335 e. The lowest BCUT2D eigenvalue weighted by atomic mass is 9.99. The van der Waals surface area contributed by atoms with E-state index in [1.165, 1.54) is 6.20 Å². The molecule has 5 N–H and O–H groups in total. The van der Waals surface area contributed by atoms with Crippen LogP contribution in [0.15, 0.2) is 24.5 Å². The Balaban J connectivity index is 1.51. The van der Waals surface area contributed by atoms with E-state index in [1.807, 2.05) is 4.90 Å². The summed E-state index contributed by atoms with van der Waals surface area (Å²) in [7, 11) is 0. The maximum Gasteiger partial charge on any atom is 0.335 e. The predicted molar refractivity (Wildman–Crippen MR) is 111 cm³/mol. The molecule has 1 amide bonds. The Kier molecular flexibility index (Phi) is 5.16. The van der Waals surface area contributed by atoms with Crippen molar-refractivity contribution in [2.24, 2.45) is 0 Å². The molecule has 12 heteroatoms. The number of ether oxygens (including phenoxy) is 2. The molecule has 0 radical (unpaired) electrons. The van der Waals surface area contributed by atoms with E-state index < -0.39 is 36.7 Å². The zero-order valence-corrected chi connectivity index (χ0v) is 17.5. The van der Waals surface area contributed by atoms with E-state index >= 15 is 0 Å². The molecule has 174 valence electrons. The van der Waals surface area contributed by atoms with Crippen molar-refractivity contribution < 1.29 is 39.5 Å². The van der Waals surface area contributed by atoms with Gasteiger partial charge >= 0.3 is 5.97 Å². The summed E-state index contributed by atoms with van der Waals surface area (Å²) in [4.78, 5) is 35.1. The Morgan fingerprint density at radius 2 is 1.94 bits per heavy atom. The number of anilines is 3. The normalized spacial score (nSPS) is 28.9. The zero-order chi connectivity index (χ0) is 23.4. The minimum absolute atomic E-state index is 0.0977. The Morgan fingerprint density at radius 1 is 1.18 bits per heavy atom. The van der Waals surface area contributed by atoms with Crippen LogP contribution < -0.4 is 15.0 Å². The molecule has 2 aliphatic heterocycles. The third-order valence-corrected chi connectivity index (χ3v) is 5.97. The van der Waals surface area contributed by atoms with Crippen LogP contribution in [0.1, 0.15) is 28.8 Å². The van der Waals surface area contributed by atoms with Crippen molar-refractivity contribution in [2.45, 2.75) is 56.5 Å². The second-order valence-corrected chi connectivity index (χ2v) is 8.23. The van der Waals surface area contributed by atoms with Crippen molar-refractivity contribution in [1.29, 1.82) is 0 Å². The third kappa shape index (κ3) is 3.56. The second kappa shape index (κ2) is 7.92. The number of aliphatic hydroxyl groups is 3. The van der Waals surface area contributed by atoms with Crippen LogP contribution in [0.5, 0.6) is 5.75 Å². The highest BCUT2D eigenvalue weighted by molar-refractivity contribution is 6.12. The zero-order valence-electron chi connectivity index (χ0n) is 17.5. The van der Waals surface area contributed by atoms with Gasteiger partial charge in [0.1, 0.15) is 29.9 Å². The molecule has 0 spiro atoms. The molecule has 0 unspecified atom stereocenters. The topological polar surface area (TPSA) is 175 Å². The standard InChI is InChI=1S/C21H22N4O8/c1-8-11(32-21-15(28)13(26)14(27)16(33-21)20(30)31)7-23-18-12(8)24-19(29)10-3-2-6-22-17(10)25(18)9-4-5-9/h2-3,6-7,9,13-16,21,26-28H,4-5H2,1H3,(H,24,29)(H,30,31)/t13-,14-,15+,16-,21+/m0/s1. The number of fused-ring (bicyclic) bond motifs is 2. The molecule has 1 saturated heterocycles. The van der Waals surface area contributed by atoms with Crippen molar-refractivity contribution >= 4 is 29.2 Å². The number of aliphatic hydroxyl groups excluding tert-OH is 3. The lowest BCUT2D eigenvalue weighted by Crippen LogP contribution is -2.61. The summed E-state index contributed by atoms with van der Waals surface area (Å²) < 4.78 is 10.9. The van der Waals surface area contributed by atoms with E-state index in [9.17, 15) is 30.0 Å². The highest BCUT2D eigenvalue weighted by Gasteiger charge is 2.48. The van der Waals surface area contributed by atoms with E-state index in [4.69, 9.17) is 9.47 Å². The van der Waals surface area contributed by atoms with Crippen molar-refractivity contribution in [3.8, 4) is 5.75 Å². The molecule has 1 saturated carbocycles. The molecule has 0 aromatic carbocycles. The molecule has 3 aliphatic rings. The number of amides is 1. The van der Waals surface area contributed by atoms with Gasteiger partial charge in [-0.25, -0.2) is 14.8 Å². The summed E-state index contributed by atoms with van der Waals surface area (Å²) in [6.45, 7) is 1.67. The number of carbonyl (C=O) groups is 2. The molecule has 5 rings (SSSR count). The fraction of sp³-hybridized carbons (Fsp3) is 0.429. The molecule has 0 bridgehead atoms. The summed E-state index contributed by atoms with van der Waals surface area (Å²) in [5.74, 6) is -0.804. The maximum atomic E-state index is 12.9. The Labute approximate surface area is 187 Å². The van der Waals surface area contributed by atoms with Crippen LogP contribution in [0.3, 0.4) is 0 Å². The fourth-order valence-corrected chi connectivity index (χ4v) is 4.02. The SMILES string of the molecule is Cc1c(O[C@@H]2O[C@H](C(=O)O)[C@@H](O)[C@H](O)[C@H]2O)cnc2c1NC(=O)c1cccnc1N2C1CC1. The van der Waals surface area contributed by atoms with Crippen LogP contribution >= 0.6 is 0 Å². The quantitative estimate of drug-likeness (QED) is 0.414. The van der Waals surface area contributed by atoms with Gasteiger partial charge in [0.25, 0.3) is 5.91 Å². The number of carboxylic acid groups (broad SMARTS) is 1. The third-order valence-electron chi connectivity index (χ3n) is 5.97.